The van der Waals surface area contributed by atoms with Crippen LogP contribution in [0.25, 0.3) is 0 Å². The third kappa shape index (κ3) is 3.26. The molecule has 0 aromatic carbocycles. The van der Waals surface area contributed by atoms with Gasteiger partial charge in [0.1, 0.15) is 0 Å². The molecule has 2 unspecified atom stereocenters. The molecular formula is C16H24N2O3. The Morgan fingerprint density at radius 2 is 2.14 bits per heavy atom. The second kappa shape index (κ2) is 6.01. The van der Waals surface area contributed by atoms with Crippen molar-refractivity contribution in [3.05, 3.63) is 29.6 Å². The fraction of sp³-hybridized carbons (Fsp3) is 0.688. The Labute approximate surface area is 125 Å². The van der Waals surface area contributed by atoms with Crippen molar-refractivity contribution in [1.29, 1.82) is 0 Å². The van der Waals surface area contributed by atoms with Crippen LogP contribution in [-0.2, 0) is 16.0 Å². The number of aromatic nitrogens is 1. The molecule has 1 N–H and O–H groups in total. The van der Waals surface area contributed by atoms with E-state index >= 15 is 0 Å². The summed E-state index contributed by atoms with van der Waals surface area (Å²) < 4.78 is 11.6. The quantitative estimate of drug-likeness (QED) is 0.914. The minimum atomic E-state index is -0.474. The molecule has 1 aromatic rings. The minimum Gasteiger partial charge on any atom is -0.391 e. The summed E-state index contributed by atoms with van der Waals surface area (Å²) in [7, 11) is 2.03. The van der Waals surface area contributed by atoms with Crippen molar-refractivity contribution < 1.29 is 14.6 Å². The molecule has 0 amide bonds. The number of nitrogens with zero attached hydrogens (tertiary/aromatic N) is 2. The van der Waals surface area contributed by atoms with Gasteiger partial charge in [0.05, 0.1) is 25.0 Å². The van der Waals surface area contributed by atoms with E-state index in [0.717, 1.165) is 37.2 Å². The first-order chi connectivity index (χ1) is 10.1. The van der Waals surface area contributed by atoms with Gasteiger partial charge in [0.25, 0.3) is 0 Å². The van der Waals surface area contributed by atoms with Crippen molar-refractivity contribution in [2.24, 2.45) is 0 Å². The molecule has 1 saturated carbocycles. The molecule has 2 fully saturated rings. The molecule has 116 valence electrons. The normalized spacial score (nSPS) is 28.4. The van der Waals surface area contributed by atoms with E-state index in [2.05, 4.69) is 9.88 Å². The van der Waals surface area contributed by atoms with Crippen molar-refractivity contribution in [3.8, 4) is 0 Å². The van der Waals surface area contributed by atoms with E-state index in [1.54, 1.807) is 0 Å². The standard InChI is InChI=1S/C16H24N2O3/c1-12-4-3-5-13(17-12)11-18(2)14-10-16(7-6-15(14)19)20-8-9-21-16/h3-5,14-15,19H,6-11H2,1-2H3. The molecule has 1 spiro atoms. The summed E-state index contributed by atoms with van der Waals surface area (Å²) in [6.07, 6.45) is 1.88. The maximum Gasteiger partial charge on any atom is 0.170 e. The lowest BCUT2D eigenvalue weighted by Crippen LogP contribution is -2.52. The SMILES string of the molecule is Cc1cccc(CN(C)C2CC3(CCC2O)OCCO3)n1. The number of rotatable bonds is 3. The second-order valence-corrected chi connectivity index (χ2v) is 6.17. The molecule has 0 bridgehead atoms. The van der Waals surface area contributed by atoms with Crippen LogP contribution in [0.15, 0.2) is 18.2 Å². The molecule has 1 aliphatic heterocycles. The van der Waals surface area contributed by atoms with Crippen LogP contribution in [0.4, 0.5) is 0 Å². The van der Waals surface area contributed by atoms with E-state index in [9.17, 15) is 5.11 Å². The van der Waals surface area contributed by atoms with E-state index < -0.39 is 5.79 Å². The highest BCUT2D eigenvalue weighted by Crippen LogP contribution is 2.37. The molecule has 2 aliphatic rings. The Hall–Kier alpha value is -1.01. The lowest BCUT2D eigenvalue weighted by Gasteiger charge is -2.42. The van der Waals surface area contributed by atoms with E-state index in [1.165, 1.54) is 0 Å². The topological polar surface area (TPSA) is 54.8 Å². The number of hydrogen-bond donors (Lipinski definition) is 1. The third-order valence-corrected chi connectivity index (χ3v) is 4.52. The number of aliphatic hydroxyl groups is 1. The van der Waals surface area contributed by atoms with Crippen LogP contribution in [0, 0.1) is 6.92 Å². The first-order valence-corrected chi connectivity index (χ1v) is 7.67. The van der Waals surface area contributed by atoms with E-state index in [1.807, 2.05) is 32.2 Å². The molecule has 2 atom stereocenters. The average Bonchev–Trinajstić information content (AvgIpc) is 2.90. The summed E-state index contributed by atoms with van der Waals surface area (Å²) in [5.41, 5.74) is 2.04. The van der Waals surface area contributed by atoms with Crippen molar-refractivity contribution in [2.75, 3.05) is 20.3 Å². The number of pyridine rings is 1. The van der Waals surface area contributed by atoms with Gasteiger partial charge in [-0.2, -0.15) is 0 Å². The van der Waals surface area contributed by atoms with Crippen LogP contribution in [0.1, 0.15) is 30.7 Å². The summed E-state index contributed by atoms with van der Waals surface area (Å²) in [6, 6.07) is 6.08. The Bertz CT molecular complexity index is 488. The summed E-state index contributed by atoms with van der Waals surface area (Å²) in [5.74, 6) is -0.474. The molecule has 1 aromatic heterocycles. The van der Waals surface area contributed by atoms with Gasteiger partial charge < -0.3 is 14.6 Å². The van der Waals surface area contributed by atoms with Gasteiger partial charge in [-0.25, -0.2) is 0 Å². The first-order valence-electron chi connectivity index (χ1n) is 7.67. The highest BCUT2D eigenvalue weighted by molar-refractivity contribution is 5.10. The second-order valence-electron chi connectivity index (χ2n) is 6.17. The number of hydrogen-bond acceptors (Lipinski definition) is 5. The zero-order valence-corrected chi connectivity index (χ0v) is 12.8. The van der Waals surface area contributed by atoms with Crippen LogP contribution in [0.5, 0.6) is 0 Å². The van der Waals surface area contributed by atoms with Crippen LogP contribution in [0.3, 0.4) is 0 Å². The van der Waals surface area contributed by atoms with Crippen LogP contribution < -0.4 is 0 Å². The van der Waals surface area contributed by atoms with Gasteiger partial charge >= 0.3 is 0 Å². The fourth-order valence-corrected chi connectivity index (χ4v) is 3.39. The number of aryl methyl sites for hydroxylation is 1. The summed E-state index contributed by atoms with van der Waals surface area (Å²) >= 11 is 0. The fourth-order valence-electron chi connectivity index (χ4n) is 3.39. The molecule has 3 rings (SSSR count). The zero-order chi connectivity index (χ0) is 14.9. The van der Waals surface area contributed by atoms with Crippen molar-refractivity contribution >= 4 is 0 Å². The van der Waals surface area contributed by atoms with Crippen LogP contribution in [-0.4, -0.2) is 53.2 Å². The third-order valence-electron chi connectivity index (χ3n) is 4.52. The first kappa shape index (κ1) is 14.9. The highest BCUT2D eigenvalue weighted by Gasteiger charge is 2.45. The lowest BCUT2D eigenvalue weighted by molar-refractivity contribution is -0.204. The number of aliphatic hydroxyl groups excluding tert-OH is 1. The number of ether oxygens (including phenoxy) is 2. The Morgan fingerprint density at radius 3 is 2.86 bits per heavy atom. The molecule has 1 saturated heterocycles. The van der Waals surface area contributed by atoms with Crippen molar-refractivity contribution in [1.82, 2.24) is 9.88 Å². The average molecular weight is 292 g/mol. The minimum absolute atomic E-state index is 0.0409. The van der Waals surface area contributed by atoms with E-state index in [-0.39, 0.29) is 12.1 Å². The Morgan fingerprint density at radius 1 is 1.38 bits per heavy atom. The Balaban J connectivity index is 1.68. The summed E-state index contributed by atoms with van der Waals surface area (Å²) in [4.78, 5) is 6.70. The summed E-state index contributed by atoms with van der Waals surface area (Å²) in [5, 5.41) is 10.3. The highest BCUT2D eigenvalue weighted by atomic mass is 16.7. The van der Waals surface area contributed by atoms with Crippen LogP contribution >= 0.6 is 0 Å². The summed E-state index contributed by atoms with van der Waals surface area (Å²) in [6.45, 7) is 4.03. The van der Waals surface area contributed by atoms with Crippen molar-refractivity contribution in [2.45, 2.75) is 50.7 Å². The van der Waals surface area contributed by atoms with Gasteiger partial charge in [-0.1, -0.05) is 6.07 Å². The maximum atomic E-state index is 10.3. The Kier molecular flexibility index (Phi) is 4.26. The van der Waals surface area contributed by atoms with Crippen molar-refractivity contribution in [3.63, 3.8) is 0 Å². The van der Waals surface area contributed by atoms with Gasteiger partial charge in [0.15, 0.2) is 5.79 Å². The monoisotopic (exact) mass is 292 g/mol. The molecule has 21 heavy (non-hydrogen) atoms. The smallest absolute Gasteiger partial charge is 0.170 e. The largest absolute Gasteiger partial charge is 0.391 e. The molecular weight excluding hydrogens is 268 g/mol. The van der Waals surface area contributed by atoms with E-state index in [4.69, 9.17) is 9.47 Å². The number of likely N-dealkylation sites (N-methyl/N-ethyl adjacent to an activating group) is 1. The van der Waals surface area contributed by atoms with E-state index in [0.29, 0.717) is 13.2 Å². The van der Waals surface area contributed by atoms with Gasteiger partial charge in [0.2, 0.25) is 0 Å². The maximum absolute atomic E-state index is 10.3. The lowest BCUT2D eigenvalue weighted by atomic mass is 9.86. The predicted octanol–water partition coefficient (Wildman–Crippen LogP) is 1.48. The van der Waals surface area contributed by atoms with Gasteiger partial charge in [-0.15, -0.1) is 0 Å². The molecule has 0 radical (unpaired) electrons. The van der Waals surface area contributed by atoms with Gasteiger partial charge in [-0.3, -0.25) is 9.88 Å². The molecule has 1 aliphatic carbocycles. The van der Waals surface area contributed by atoms with Gasteiger partial charge in [-0.05, 0) is 32.5 Å². The van der Waals surface area contributed by atoms with Gasteiger partial charge in [0, 0.05) is 31.1 Å². The zero-order valence-electron chi connectivity index (χ0n) is 12.8. The predicted molar refractivity (Wildman–Crippen MR) is 78.7 cm³/mol. The molecule has 5 heteroatoms. The molecule has 2 heterocycles. The van der Waals surface area contributed by atoms with Crippen LogP contribution in [0.2, 0.25) is 0 Å². The molecule has 5 nitrogen and oxygen atoms in total.